The van der Waals surface area contributed by atoms with Crippen LogP contribution in [0.15, 0.2) is 29.3 Å². The molecule has 0 aromatic heterocycles. The van der Waals surface area contributed by atoms with Crippen molar-refractivity contribution < 1.29 is 4.74 Å². The summed E-state index contributed by atoms with van der Waals surface area (Å²) in [6, 6.07) is 8.94. The molecule has 3 rings (SSSR count). The molecule has 1 N–H and O–H groups in total. The van der Waals surface area contributed by atoms with E-state index in [0.29, 0.717) is 6.04 Å². The number of piperazine rings is 1. The molecular formula is C18H28N4O. The van der Waals surface area contributed by atoms with E-state index < -0.39 is 0 Å². The van der Waals surface area contributed by atoms with Crippen LogP contribution in [-0.2, 0) is 0 Å². The molecule has 1 aromatic carbocycles. The lowest BCUT2D eigenvalue weighted by molar-refractivity contribution is 0.370. The second-order valence-corrected chi connectivity index (χ2v) is 6.44. The number of guanidine groups is 1. The Bertz CT molecular complexity index is 552. The van der Waals surface area contributed by atoms with Crippen molar-refractivity contribution in [1.82, 2.24) is 10.2 Å². The third kappa shape index (κ3) is 3.89. The molecule has 0 radical (unpaired) electrons. The van der Waals surface area contributed by atoms with E-state index in [1.165, 1.54) is 12.1 Å². The zero-order valence-corrected chi connectivity index (χ0v) is 14.5. The van der Waals surface area contributed by atoms with E-state index in [1.54, 1.807) is 7.11 Å². The van der Waals surface area contributed by atoms with Gasteiger partial charge in [0.2, 0.25) is 0 Å². The molecule has 0 bridgehead atoms. The Balaban J connectivity index is 1.59. The highest BCUT2D eigenvalue weighted by atomic mass is 16.5. The van der Waals surface area contributed by atoms with E-state index in [2.05, 4.69) is 52.2 Å². The highest BCUT2D eigenvalue weighted by Gasteiger charge is 2.34. The van der Waals surface area contributed by atoms with Crippen molar-refractivity contribution >= 4 is 11.6 Å². The SMILES string of the molecule is CCN=C(NC1CC1C)N1CCN(c2cccc(OC)c2)CC1. The molecule has 1 aromatic rings. The van der Waals surface area contributed by atoms with Gasteiger partial charge in [0.1, 0.15) is 5.75 Å². The van der Waals surface area contributed by atoms with Crippen molar-refractivity contribution in [2.24, 2.45) is 10.9 Å². The molecule has 1 aliphatic carbocycles. The third-order valence-electron chi connectivity index (χ3n) is 4.73. The van der Waals surface area contributed by atoms with Gasteiger partial charge in [-0.25, -0.2) is 0 Å². The molecule has 2 atom stereocenters. The predicted octanol–water partition coefficient (Wildman–Crippen LogP) is 2.19. The van der Waals surface area contributed by atoms with Crippen molar-refractivity contribution in [3.05, 3.63) is 24.3 Å². The van der Waals surface area contributed by atoms with Gasteiger partial charge >= 0.3 is 0 Å². The molecule has 1 saturated carbocycles. The Morgan fingerprint density at radius 2 is 2.04 bits per heavy atom. The molecule has 2 aliphatic rings. The predicted molar refractivity (Wildman–Crippen MR) is 95.5 cm³/mol. The zero-order chi connectivity index (χ0) is 16.2. The molecule has 5 heteroatoms. The first kappa shape index (κ1) is 16.0. The fraction of sp³-hybridized carbons (Fsp3) is 0.611. The lowest BCUT2D eigenvalue weighted by Gasteiger charge is -2.38. The number of hydrogen-bond acceptors (Lipinski definition) is 3. The molecule has 5 nitrogen and oxygen atoms in total. The summed E-state index contributed by atoms with van der Waals surface area (Å²) in [5, 5.41) is 3.62. The summed E-state index contributed by atoms with van der Waals surface area (Å²) in [5.41, 5.74) is 1.24. The van der Waals surface area contributed by atoms with Crippen molar-refractivity contribution in [3.63, 3.8) is 0 Å². The van der Waals surface area contributed by atoms with Crippen molar-refractivity contribution in [1.29, 1.82) is 0 Å². The summed E-state index contributed by atoms with van der Waals surface area (Å²) in [6.45, 7) is 9.26. The van der Waals surface area contributed by atoms with Crippen LogP contribution in [0.4, 0.5) is 5.69 Å². The number of nitrogens with one attached hydrogen (secondary N) is 1. The van der Waals surface area contributed by atoms with Crippen LogP contribution in [-0.4, -0.2) is 56.7 Å². The minimum atomic E-state index is 0.622. The van der Waals surface area contributed by atoms with Crippen LogP contribution in [0, 0.1) is 5.92 Å². The topological polar surface area (TPSA) is 40.1 Å². The molecule has 0 amide bonds. The number of anilines is 1. The molecule has 1 heterocycles. The molecule has 126 valence electrons. The van der Waals surface area contributed by atoms with Gasteiger partial charge in [0.15, 0.2) is 5.96 Å². The number of benzene rings is 1. The first-order valence-electron chi connectivity index (χ1n) is 8.66. The molecular weight excluding hydrogens is 288 g/mol. The molecule has 2 fully saturated rings. The van der Waals surface area contributed by atoms with Gasteiger partial charge in [-0.05, 0) is 31.4 Å². The monoisotopic (exact) mass is 316 g/mol. The standard InChI is InChI=1S/C18H28N4O/c1-4-19-18(20-17-12-14(17)2)22-10-8-21(9-11-22)15-6-5-7-16(13-15)23-3/h5-7,13-14,17H,4,8-12H2,1-3H3,(H,19,20). The quantitative estimate of drug-likeness (QED) is 0.683. The van der Waals surface area contributed by atoms with Crippen LogP contribution in [0.3, 0.4) is 0 Å². The number of ether oxygens (including phenoxy) is 1. The van der Waals surface area contributed by atoms with Crippen LogP contribution in [0.2, 0.25) is 0 Å². The van der Waals surface area contributed by atoms with Gasteiger partial charge in [-0.2, -0.15) is 0 Å². The number of aliphatic imine (C=N–C) groups is 1. The smallest absolute Gasteiger partial charge is 0.194 e. The van der Waals surface area contributed by atoms with Crippen LogP contribution in [0.25, 0.3) is 0 Å². The summed E-state index contributed by atoms with van der Waals surface area (Å²) in [6.07, 6.45) is 1.27. The fourth-order valence-corrected chi connectivity index (χ4v) is 3.06. The molecule has 23 heavy (non-hydrogen) atoms. The maximum atomic E-state index is 5.33. The Hall–Kier alpha value is -1.91. The van der Waals surface area contributed by atoms with E-state index in [4.69, 9.17) is 4.74 Å². The Morgan fingerprint density at radius 3 is 2.65 bits per heavy atom. The normalized spacial score (nSPS) is 24.6. The summed E-state index contributed by atoms with van der Waals surface area (Å²) >= 11 is 0. The first-order valence-corrected chi connectivity index (χ1v) is 8.66. The third-order valence-corrected chi connectivity index (χ3v) is 4.73. The van der Waals surface area contributed by atoms with Gasteiger partial charge in [-0.3, -0.25) is 4.99 Å². The Labute approximate surface area is 139 Å². The van der Waals surface area contributed by atoms with Gasteiger partial charge < -0.3 is 19.9 Å². The first-order chi connectivity index (χ1) is 11.2. The average molecular weight is 316 g/mol. The average Bonchev–Trinajstić information content (AvgIpc) is 3.29. The number of methoxy groups -OCH3 is 1. The van der Waals surface area contributed by atoms with Crippen LogP contribution in [0.5, 0.6) is 5.75 Å². The largest absolute Gasteiger partial charge is 0.497 e. The van der Waals surface area contributed by atoms with Crippen LogP contribution < -0.4 is 15.0 Å². The zero-order valence-electron chi connectivity index (χ0n) is 14.5. The van der Waals surface area contributed by atoms with Crippen molar-refractivity contribution in [2.75, 3.05) is 44.7 Å². The molecule has 0 spiro atoms. The lowest BCUT2D eigenvalue weighted by Crippen LogP contribution is -2.53. The Kier molecular flexibility index (Phi) is 4.94. The van der Waals surface area contributed by atoms with E-state index in [1.807, 2.05) is 6.07 Å². The van der Waals surface area contributed by atoms with Crippen molar-refractivity contribution in [3.8, 4) is 5.75 Å². The molecule has 2 unspecified atom stereocenters. The second kappa shape index (κ2) is 7.11. The summed E-state index contributed by atoms with van der Waals surface area (Å²) in [7, 11) is 1.72. The van der Waals surface area contributed by atoms with Gasteiger partial charge in [0.05, 0.1) is 7.11 Å². The summed E-state index contributed by atoms with van der Waals surface area (Å²) in [4.78, 5) is 9.49. The van der Waals surface area contributed by atoms with Crippen LogP contribution >= 0.6 is 0 Å². The number of rotatable bonds is 4. The van der Waals surface area contributed by atoms with E-state index in [9.17, 15) is 0 Å². The fourth-order valence-electron chi connectivity index (χ4n) is 3.06. The summed E-state index contributed by atoms with van der Waals surface area (Å²) in [5.74, 6) is 2.80. The number of nitrogens with zero attached hydrogens (tertiary/aromatic N) is 3. The maximum absolute atomic E-state index is 5.33. The van der Waals surface area contributed by atoms with Gasteiger partial charge in [0, 0.05) is 50.5 Å². The highest BCUT2D eigenvalue weighted by molar-refractivity contribution is 5.81. The minimum absolute atomic E-state index is 0.622. The Morgan fingerprint density at radius 1 is 1.30 bits per heavy atom. The number of hydrogen-bond donors (Lipinski definition) is 1. The van der Waals surface area contributed by atoms with Crippen molar-refractivity contribution in [2.45, 2.75) is 26.3 Å². The molecule has 1 aliphatic heterocycles. The van der Waals surface area contributed by atoms with E-state index in [-0.39, 0.29) is 0 Å². The molecule has 1 saturated heterocycles. The van der Waals surface area contributed by atoms with Gasteiger partial charge in [-0.1, -0.05) is 13.0 Å². The summed E-state index contributed by atoms with van der Waals surface area (Å²) < 4.78 is 5.33. The van der Waals surface area contributed by atoms with E-state index in [0.717, 1.165) is 50.4 Å². The minimum Gasteiger partial charge on any atom is -0.497 e. The maximum Gasteiger partial charge on any atom is 0.194 e. The van der Waals surface area contributed by atoms with Crippen LogP contribution in [0.1, 0.15) is 20.3 Å². The van der Waals surface area contributed by atoms with Gasteiger partial charge in [-0.15, -0.1) is 0 Å². The second-order valence-electron chi connectivity index (χ2n) is 6.44. The van der Waals surface area contributed by atoms with Gasteiger partial charge in [0.25, 0.3) is 0 Å². The lowest BCUT2D eigenvalue weighted by atomic mass is 10.2. The van der Waals surface area contributed by atoms with E-state index >= 15 is 0 Å². The highest BCUT2D eigenvalue weighted by Crippen LogP contribution is 2.29.